The van der Waals surface area contributed by atoms with Crippen LogP contribution in [-0.4, -0.2) is 138 Å². The van der Waals surface area contributed by atoms with Crippen molar-refractivity contribution in [2.75, 3.05) is 22.6 Å². The molecule has 2 aliphatic rings. The van der Waals surface area contributed by atoms with Crippen LogP contribution in [0.1, 0.15) is 156 Å². The van der Waals surface area contributed by atoms with E-state index < -0.39 is 90.0 Å². The van der Waals surface area contributed by atoms with Gasteiger partial charge in [0.05, 0.1) is 40.3 Å². The number of rotatable bonds is 15. The van der Waals surface area contributed by atoms with Crippen LogP contribution in [0.2, 0.25) is 0 Å². The third kappa shape index (κ3) is 24.0. The average Bonchev–Trinajstić information content (AvgIpc) is 3.46. The second-order valence-electron chi connectivity index (χ2n) is 27.0. The van der Waals surface area contributed by atoms with E-state index in [-0.39, 0.29) is 55.2 Å². The summed E-state index contributed by atoms with van der Waals surface area (Å²) in [7, 11) is 0. The van der Waals surface area contributed by atoms with Crippen molar-refractivity contribution in [2.45, 2.75) is 231 Å². The molecule has 0 bridgehead atoms. The van der Waals surface area contributed by atoms with Crippen molar-refractivity contribution >= 4 is 40.9 Å². The van der Waals surface area contributed by atoms with Gasteiger partial charge < -0.3 is 84.9 Å². The number of aliphatic hydroxyl groups excluding tert-OH is 6. The Hall–Kier alpha value is -5.78. The number of carboxylic acid groups (broad SMARTS) is 1. The van der Waals surface area contributed by atoms with Crippen LogP contribution in [0, 0.1) is 22.2 Å². The molecular formula is C62H99N3O18. The number of aliphatic carboxylic acids is 1. The number of carboxylic acids is 1. The van der Waals surface area contributed by atoms with Gasteiger partial charge in [0.25, 0.3) is 0 Å². The maximum Gasteiger partial charge on any atom is 0.335 e. The van der Waals surface area contributed by atoms with Crippen LogP contribution in [0.25, 0.3) is 0 Å². The molecule has 0 aromatic heterocycles. The Morgan fingerprint density at radius 3 is 1.22 bits per heavy atom. The van der Waals surface area contributed by atoms with Gasteiger partial charge in [0.2, 0.25) is 12.6 Å². The number of hydrogen-bond donors (Lipinski definition) is 10. The van der Waals surface area contributed by atoms with E-state index in [2.05, 4.69) is 36.7 Å². The van der Waals surface area contributed by atoms with Gasteiger partial charge in [0.1, 0.15) is 61.8 Å². The van der Waals surface area contributed by atoms with Gasteiger partial charge in [0, 0.05) is 28.2 Å². The molecule has 5 rings (SSSR count). The van der Waals surface area contributed by atoms with Crippen molar-refractivity contribution in [1.82, 2.24) is 0 Å². The number of benzene rings is 3. The SMILES string of the molecule is C.CC(C)(C)Nc1cc(COC(=O)C(C)(C)C)ccc1OC1OC(CO)C(O)C(O)C1O.CC(C)(C)Nc1ccc(COC(=O)C(C)(C)C)cc1.CC1C(Oc2ccc(COC(=O)C(C)(C)C)cc2NC(C)(C)C)OC(C(=O)O)C(O)C1O. The Labute approximate surface area is 491 Å². The largest absolute Gasteiger partial charge is 0.479 e. The minimum atomic E-state index is -1.61. The zero-order valence-corrected chi connectivity index (χ0v) is 51.5. The fourth-order valence-electron chi connectivity index (χ4n) is 7.51. The van der Waals surface area contributed by atoms with Gasteiger partial charge in [-0.15, -0.1) is 0 Å². The summed E-state index contributed by atoms with van der Waals surface area (Å²) in [6.07, 6.45) is -12.5. The van der Waals surface area contributed by atoms with Crippen LogP contribution < -0.4 is 25.4 Å². The molecule has 2 saturated heterocycles. The molecule has 10 N–H and O–H groups in total. The first kappa shape index (κ1) is 73.3. The van der Waals surface area contributed by atoms with Gasteiger partial charge in [-0.1, -0.05) is 38.6 Å². The predicted molar refractivity (Wildman–Crippen MR) is 316 cm³/mol. The molecule has 10 atom stereocenters. The van der Waals surface area contributed by atoms with E-state index in [4.69, 9.17) is 33.2 Å². The summed E-state index contributed by atoms with van der Waals surface area (Å²) in [6, 6.07) is 18.2. The second-order valence-corrected chi connectivity index (χ2v) is 27.0. The van der Waals surface area contributed by atoms with Crippen LogP contribution in [0.15, 0.2) is 60.7 Å². The number of hydrogen-bond acceptors (Lipinski definition) is 20. The van der Waals surface area contributed by atoms with E-state index in [0.717, 1.165) is 22.4 Å². The lowest BCUT2D eigenvalue weighted by molar-refractivity contribution is -0.277. The van der Waals surface area contributed by atoms with Crippen molar-refractivity contribution in [1.29, 1.82) is 0 Å². The third-order valence-corrected chi connectivity index (χ3v) is 12.0. The van der Waals surface area contributed by atoms with Crippen molar-refractivity contribution in [3.05, 3.63) is 77.4 Å². The third-order valence-electron chi connectivity index (χ3n) is 12.0. The quantitative estimate of drug-likeness (QED) is 0.0505. The lowest BCUT2D eigenvalue weighted by Gasteiger charge is -2.40. The molecule has 21 heteroatoms. The number of esters is 3. The number of anilines is 3. The topological polar surface area (TPSA) is 311 Å². The molecule has 0 spiro atoms. The molecule has 470 valence electrons. The maximum atomic E-state index is 12.1. The summed E-state index contributed by atoms with van der Waals surface area (Å²) in [6.45, 7) is 35.9. The summed E-state index contributed by atoms with van der Waals surface area (Å²) >= 11 is 0. The van der Waals surface area contributed by atoms with E-state index >= 15 is 0 Å². The zero-order chi connectivity index (χ0) is 62.7. The molecule has 3 aromatic carbocycles. The van der Waals surface area contributed by atoms with Crippen molar-refractivity contribution in [3.63, 3.8) is 0 Å². The molecule has 0 aliphatic carbocycles. The smallest absolute Gasteiger partial charge is 0.335 e. The lowest BCUT2D eigenvalue weighted by atomic mass is 9.92. The van der Waals surface area contributed by atoms with Crippen LogP contribution in [0.3, 0.4) is 0 Å². The van der Waals surface area contributed by atoms with Crippen LogP contribution in [0.4, 0.5) is 17.1 Å². The molecule has 10 unspecified atom stereocenters. The minimum Gasteiger partial charge on any atom is -0.479 e. The Morgan fingerprint density at radius 1 is 0.482 bits per heavy atom. The van der Waals surface area contributed by atoms with E-state index in [1.165, 1.54) is 0 Å². The molecule has 2 fully saturated rings. The first-order chi connectivity index (χ1) is 37.4. The number of aliphatic hydroxyl groups is 6. The predicted octanol–water partition coefficient (Wildman–Crippen LogP) is 8.32. The number of carbonyl (C=O) groups is 4. The Morgan fingerprint density at radius 2 is 0.855 bits per heavy atom. The molecule has 21 nitrogen and oxygen atoms in total. The summed E-state index contributed by atoms with van der Waals surface area (Å²) in [4.78, 5) is 47.2. The number of ether oxygens (including phenoxy) is 7. The molecular weight excluding hydrogens is 1070 g/mol. The van der Waals surface area contributed by atoms with Crippen molar-refractivity contribution in [2.24, 2.45) is 22.2 Å². The molecule has 2 heterocycles. The Bertz CT molecular complexity index is 2550. The van der Waals surface area contributed by atoms with E-state index in [1.807, 2.05) is 86.6 Å². The van der Waals surface area contributed by atoms with Gasteiger partial charge >= 0.3 is 23.9 Å². The monoisotopic (exact) mass is 1170 g/mol. The van der Waals surface area contributed by atoms with Crippen LogP contribution in [-0.2, 0) is 62.7 Å². The number of nitrogens with one attached hydrogen (secondary N) is 3. The molecule has 83 heavy (non-hydrogen) atoms. The van der Waals surface area contributed by atoms with Gasteiger partial charge in [-0.2, -0.15) is 0 Å². The summed E-state index contributed by atoms with van der Waals surface area (Å²) < 4.78 is 38.7. The zero-order valence-electron chi connectivity index (χ0n) is 51.5. The summed E-state index contributed by atoms with van der Waals surface area (Å²) in [5.74, 6) is -2.19. The second kappa shape index (κ2) is 29.8. The van der Waals surface area contributed by atoms with Gasteiger partial charge in [-0.3, -0.25) is 14.4 Å². The summed E-state index contributed by atoms with van der Waals surface area (Å²) in [5.41, 5.74) is 2.37. The molecule has 3 aromatic rings. The van der Waals surface area contributed by atoms with Gasteiger partial charge in [-0.25, -0.2) is 4.79 Å². The average molecular weight is 1170 g/mol. The normalized spacial score (nSPS) is 23.0. The molecule has 2 aliphatic heterocycles. The fourth-order valence-corrected chi connectivity index (χ4v) is 7.51. The van der Waals surface area contributed by atoms with E-state index in [0.29, 0.717) is 29.5 Å². The fraction of sp³-hybridized carbons (Fsp3) is 0.645. The Kier molecular flexibility index (Phi) is 26.4. The van der Waals surface area contributed by atoms with Gasteiger partial charge in [0.15, 0.2) is 6.10 Å². The minimum absolute atomic E-state index is 0. The molecule has 0 saturated carbocycles. The highest BCUT2D eigenvalue weighted by atomic mass is 16.7. The standard InChI is InChI=1S/C23H35NO8.C22H35NO8.C16H25NO2.CH4/c1-12-16(25)17(26)18(19(27)28)32-20(12)31-15-9-8-13(10-14(15)24-23(5,6)7)11-30-21(29)22(2,3)4;1-21(2,3)20(28)29-11-12-7-8-14(13(9-12)23-22(4,5)6)30-19-18(27)17(26)16(25)15(10-24)31-19;1-15(2,3)14(18)19-11-12-7-9-13(10-8-12)17-16(4,5)6;/h8-10,12,16-18,20,24-26H,11H2,1-7H3,(H,27,28);7-9,15-19,23-27H,10-11H2,1-6H3;7-10,17H,11H2,1-6H3;1H4. The molecule has 0 amide bonds. The first-order valence-corrected chi connectivity index (χ1v) is 27.5. The summed E-state index contributed by atoms with van der Waals surface area (Å²) in [5, 5.41) is 79.1. The maximum absolute atomic E-state index is 12.1. The highest BCUT2D eigenvalue weighted by molar-refractivity contribution is 5.76. The number of carbonyl (C=O) groups excluding carboxylic acids is 3. The Balaban J connectivity index is 0.000000437. The van der Waals surface area contributed by atoms with Crippen LogP contribution >= 0.6 is 0 Å². The van der Waals surface area contributed by atoms with E-state index in [9.17, 15) is 54.9 Å². The highest BCUT2D eigenvalue weighted by Gasteiger charge is 2.47. The lowest BCUT2D eigenvalue weighted by Crippen LogP contribution is -2.60. The van der Waals surface area contributed by atoms with Crippen molar-refractivity contribution < 1.29 is 88.1 Å². The van der Waals surface area contributed by atoms with Crippen molar-refractivity contribution in [3.8, 4) is 11.5 Å². The van der Waals surface area contributed by atoms with Gasteiger partial charge in [-0.05, 0) is 178 Å². The van der Waals surface area contributed by atoms with E-state index in [1.54, 1.807) is 84.9 Å². The first-order valence-electron chi connectivity index (χ1n) is 27.5. The molecule has 0 radical (unpaired) electrons. The highest BCUT2D eigenvalue weighted by Crippen LogP contribution is 2.36. The van der Waals surface area contributed by atoms with Crippen LogP contribution in [0.5, 0.6) is 11.5 Å².